The molecular weight excluding hydrogens is 266 g/mol. The highest BCUT2D eigenvalue weighted by Crippen LogP contribution is 2.06. The molecule has 1 aromatic carbocycles. The van der Waals surface area contributed by atoms with Crippen LogP contribution in [-0.2, 0) is 11.3 Å². The molecule has 0 aliphatic heterocycles. The molecule has 5 nitrogen and oxygen atoms in total. The quantitative estimate of drug-likeness (QED) is 0.826. The van der Waals surface area contributed by atoms with Crippen LogP contribution in [0.25, 0.3) is 0 Å². The second kappa shape index (κ2) is 7.27. The summed E-state index contributed by atoms with van der Waals surface area (Å²) < 4.78 is 1.61. The van der Waals surface area contributed by atoms with Crippen LogP contribution in [0, 0.1) is 11.8 Å². The molecule has 1 heterocycles. The molecule has 1 amide bonds. The van der Waals surface area contributed by atoms with Crippen LogP contribution in [0.3, 0.4) is 0 Å². The zero-order chi connectivity index (χ0) is 15.1. The number of aromatic nitrogens is 2. The smallest absolute Gasteiger partial charge is 0.244 e. The third-order valence-electron chi connectivity index (χ3n) is 3.03. The number of carbonyl (C=O) groups excluding carboxylic acids is 1. The molecule has 5 heteroatoms. The molecule has 0 saturated carbocycles. The molecule has 0 aliphatic rings. The zero-order valence-electron chi connectivity index (χ0n) is 11.8. The second-order valence-electron chi connectivity index (χ2n) is 4.54. The first-order valence-electron chi connectivity index (χ1n) is 6.66. The van der Waals surface area contributed by atoms with Gasteiger partial charge in [0.2, 0.25) is 5.91 Å². The van der Waals surface area contributed by atoms with Crippen molar-refractivity contribution in [3.8, 4) is 11.8 Å². The summed E-state index contributed by atoms with van der Waals surface area (Å²) in [5.74, 6) is 5.33. The predicted octanol–water partition coefficient (Wildman–Crippen LogP) is 1.10. The predicted molar refractivity (Wildman–Crippen MR) is 79.2 cm³/mol. The lowest BCUT2D eigenvalue weighted by Gasteiger charge is -2.12. The van der Waals surface area contributed by atoms with Gasteiger partial charge in [-0.1, -0.05) is 24.0 Å². The molecule has 1 aromatic heterocycles. The normalized spacial score (nSPS) is 11.3. The molecule has 2 aromatic rings. The lowest BCUT2D eigenvalue weighted by Crippen LogP contribution is -2.30. The average Bonchev–Trinajstić information content (AvgIpc) is 3.05. The fourth-order valence-corrected chi connectivity index (χ4v) is 1.81. The van der Waals surface area contributed by atoms with Crippen molar-refractivity contribution in [3.05, 3.63) is 53.9 Å². The van der Waals surface area contributed by atoms with E-state index in [2.05, 4.69) is 22.3 Å². The maximum absolute atomic E-state index is 12.0. The van der Waals surface area contributed by atoms with Crippen LogP contribution in [0.2, 0.25) is 0 Å². The fraction of sp³-hybridized carbons (Fsp3) is 0.250. The number of aliphatic hydroxyl groups excluding tert-OH is 1. The Balaban J connectivity index is 1.89. The third kappa shape index (κ3) is 4.20. The van der Waals surface area contributed by atoms with E-state index in [1.165, 1.54) is 0 Å². The largest absolute Gasteiger partial charge is 0.384 e. The van der Waals surface area contributed by atoms with E-state index in [4.69, 9.17) is 5.11 Å². The van der Waals surface area contributed by atoms with Gasteiger partial charge in [0.05, 0.1) is 0 Å². The first-order valence-corrected chi connectivity index (χ1v) is 6.66. The zero-order valence-corrected chi connectivity index (χ0v) is 11.8. The topological polar surface area (TPSA) is 67.2 Å². The molecule has 0 radical (unpaired) electrons. The molecule has 21 heavy (non-hydrogen) atoms. The monoisotopic (exact) mass is 283 g/mol. The molecule has 0 saturated heterocycles. The Morgan fingerprint density at radius 2 is 2.19 bits per heavy atom. The highest BCUT2D eigenvalue weighted by Gasteiger charge is 2.13. The van der Waals surface area contributed by atoms with Gasteiger partial charge in [0.25, 0.3) is 0 Å². The van der Waals surface area contributed by atoms with Crippen LogP contribution < -0.4 is 5.32 Å². The number of hydrogen-bond donors (Lipinski definition) is 2. The molecule has 2 N–H and O–H groups in total. The number of nitrogens with zero attached hydrogens (tertiary/aromatic N) is 2. The Labute approximate surface area is 123 Å². The summed E-state index contributed by atoms with van der Waals surface area (Å²) in [6, 6.07) is 8.98. The minimum Gasteiger partial charge on any atom is -0.384 e. The summed E-state index contributed by atoms with van der Waals surface area (Å²) in [7, 11) is 0. The van der Waals surface area contributed by atoms with Gasteiger partial charge < -0.3 is 10.4 Å². The summed E-state index contributed by atoms with van der Waals surface area (Å²) in [6.07, 6.45) is 3.41. The van der Waals surface area contributed by atoms with Crippen molar-refractivity contribution in [2.75, 3.05) is 6.61 Å². The van der Waals surface area contributed by atoms with Crippen LogP contribution in [0.4, 0.5) is 0 Å². The van der Waals surface area contributed by atoms with Crippen LogP contribution >= 0.6 is 0 Å². The van der Waals surface area contributed by atoms with E-state index in [0.717, 1.165) is 11.1 Å². The first kappa shape index (κ1) is 14.8. The molecule has 0 bridgehead atoms. The van der Waals surface area contributed by atoms with Gasteiger partial charge in [0.1, 0.15) is 12.6 Å². The van der Waals surface area contributed by atoms with E-state index in [1.54, 1.807) is 30.1 Å². The van der Waals surface area contributed by atoms with Crippen molar-refractivity contribution in [2.45, 2.75) is 19.5 Å². The first-order chi connectivity index (χ1) is 10.2. The number of aliphatic hydroxyl groups is 1. The highest BCUT2D eigenvalue weighted by atomic mass is 16.2. The van der Waals surface area contributed by atoms with Crippen molar-refractivity contribution in [3.63, 3.8) is 0 Å². The third-order valence-corrected chi connectivity index (χ3v) is 3.03. The summed E-state index contributed by atoms with van der Waals surface area (Å²) in [5.41, 5.74) is 1.83. The van der Waals surface area contributed by atoms with Crippen LogP contribution in [-0.4, -0.2) is 27.4 Å². The number of nitrogens with one attached hydrogen (secondary N) is 1. The molecular formula is C16H17N3O2. The lowest BCUT2D eigenvalue weighted by atomic mass is 10.1. The highest BCUT2D eigenvalue weighted by molar-refractivity contribution is 5.79. The van der Waals surface area contributed by atoms with Crippen molar-refractivity contribution in [2.24, 2.45) is 0 Å². The SMILES string of the molecule is CC(C(=O)NCc1ccc(C#CCO)cc1)n1cccn1. The van der Waals surface area contributed by atoms with Crippen LogP contribution in [0.15, 0.2) is 42.7 Å². The fourth-order valence-electron chi connectivity index (χ4n) is 1.81. The molecule has 0 aliphatic carbocycles. The van der Waals surface area contributed by atoms with E-state index in [-0.39, 0.29) is 18.6 Å². The summed E-state index contributed by atoms with van der Waals surface area (Å²) in [5, 5.41) is 15.6. The molecule has 0 fully saturated rings. The van der Waals surface area contributed by atoms with Gasteiger partial charge in [-0.2, -0.15) is 5.10 Å². The summed E-state index contributed by atoms with van der Waals surface area (Å²) in [4.78, 5) is 12.0. The van der Waals surface area contributed by atoms with Crippen molar-refractivity contribution in [1.29, 1.82) is 0 Å². The van der Waals surface area contributed by atoms with E-state index in [0.29, 0.717) is 6.54 Å². The van der Waals surface area contributed by atoms with Gasteiger partial charge in [-0.25, -0.2) is 0 Å². The second-order valence-corrected chi connectivity index (χ2v) is 4.54. The summed E-state index contributed by atoms with van der Waals surface area (Å²) in [6.45, 7) is 2.11. The maximum atomic E-state index is 12.0. The summed E-state index contributed by atoms with van der Waals surface area (Å²) >= 11 is 0. The Morgan fingerprint density at radius 3 is 2.81 bits per heavy atom. The number of rotatable bonds is 4. The maximum Gasteiger partial charge on any atom is 0.244 e. The van der Waals surface area contributed by atoms with Gasteiger partial charge in [-0.15, -0.1) is 0 Å². The minimum atomic E-state index is -0.338. The van der Waals surface area contributed by atoms with E-state index >= 15 is 0 Å². The number of hydrogen-bond acceptors (Lipinski definition) is 3. The lowest BCUT2D eigenvalue weighted by molar-refractivity contribution is -0.124. The van der Waals surface area contributed by atoms with Gasteiger partial charge in [-0.05, 0) is 30.7 Å². The average molecular weight is 283 g/mol. The Kier molecular flexibility index (Phi) is 5.13. The van der Waals surface area contributed by atoms with E-state index < -0.39 is 0 Å². The van der Waals surface area contributed by atoms with E-state index in [9.17, 15) is 4.79 Å². The van der Waals surface area contributed by atoms with Crippen LogP contribution in [0.5, 0.6) is 0 Å². The minimum absolute atomic E-state index is 0.0807. The van der Waals surface area contributed by atoms with Gasteiger partial charge >= 0.3 is 0 Å². The Hall–Kier alpha value is -2.58. The van der Waals surface area contributed by atoms with Crippen LogP contribution in [0.1, 0.15) is 24.1 Å². The van der Waals surface area contributed by atoms with Crippen molar-refractivity contribution >= 4 is 5.91 Å². The van der Waals surface area contributed by atoms with Gasteiger partial charge in [0, 0.05) is 24.5 Å². The molecule has 2 rings (SSSR count). The number of carbonyl (C=O) groups is 1. The molecule has 1 atom stereocenters. The standard InChI is InChI=1S/C16H17N3O2/c1-13(19-10-3-9-18-19)16(21)17-12-15-7-5-14(6-8-15)4-2-11-20/h3,5-10,13,20H,11-12H2,1H3,(H,17,21). The Bertz CT molecular complexity index is 636. The molecule has 108 valence electrons. The van der Waals surface area contributed by atoms with Crippen molar-refractivity contribution in [1.82, 2.24) is 15.1 Å². The van der Waals surface area contributed by atoms with Crippen molar-refractivity contribution < 1.29 is 9.90 Å². The Morgan fingerprint density at radius 1 is 1.43 bits per heavy atom. The van der Waals surface area contributed by atoms with Gasteiger partial charge in [0.15, 0.2) is 0 Å². The molecule has 0 spiro atoms. The van der Waals surface area contributed by atoms with Gasteiger partial charge in [-0.3, -0.25) is 9.48 Å². The van der Waals surface area contributed by atoms with E-state index in [1.807, 2.05) is 24.3 Å². The number of amides is 1. The number of benzene rings is 1. The molecule has 1 unspecified atom stereocenters.